The third-order valence-electron chi connectivity index (χ3n) is 3.42. The number of hydrogen-bond donors (Lipinski definition) is 1. The van der Waals surface area contributed by atoms with Gasteiger partial charge >= 0.3 is 0 Å². The van der Waals surface area contributed by atoms with Crippen LogP contribution in [0.15, 0.2) is 18.3 Å². The van der Waals surface area contributed by atoms with Crippen LogP contribution < -0.4 is 5.32 Å². The van der Waals surface area contributed by atoms with E-state index in [1.54, 1.807) is 6.20 Å². The molecule has 1 atom stereocenters. The number of rotatable bonds is 2. The van der Waals surface area contributed by atoms with Gasteiger partial charge in [-0.25, -0.2) is 4.98 Å². The van der Waals surface area contributed by atoms with E-state index in [1.807, 2.05) is 6.07 Å². The summed E-state index contributed by atoms with van der Waals surface area (Å²) < 4.78 is 0. The van der Waals surface area contributed by atoms with E-state index < -0.39 is 0 Å². The largest absolute Gasteiger partial charge is 0.314 e. The summed E-state index contributed by atoms with van der Waals surface area (Å²) in [5, 5.41) is 4.03. The van der Waals surface area contributed by atoms with E-state index in [1.165, 1.54) is 0 Å². The smallest absolute Gasteiger partial charge is 0.133 e. The standard InChI is InChI=1S/C14H22ClN3/c1-14(2,3)12(18-9-7-16-8-10-18)11-5-4-6-17-13(11)15/h4-6,12,16H,7-10H2,1-3H3/t12-/m0/s1. The summed E-state index contributed by atoms with van der Waals surface area (Å²) in [5.74, 6) is 0. The van der Waals surface area contributed by atoms with E-state index in [-0.39, 0.29) is 5.41 Å². The predicted octanol–water partition coefficient (Wildman–Crippen LogP) is 2.73. The summed E-state index contributed by atoms with van der Waals surface area (Å²) >= 11 is 6.29. The van der Waals surface area contributed by atoms with E-state index in [0.717, 1.165) is 31.7 Å². The van der Waals surface area contributed by atoms with Crippen molar-refractivity contribution in [3.05, 3.63) is 29.0 Å². The number of piperazine rings is 1. The lowest BCUT2D eigenvalue weighted by atomic mass is 9.81. The third-order valence-corrected chi connectivity index (χ3v) is 3.74. The van der Waals surface area contributed by atoms with Crippen LogP contribution in [-0.2, 0) is 0 Å². The van der Waals surface area contributed by atoms with Crippen LogP contribution >= 0.6 is 11.6 Å². The molecule has 4 heteroatoms. The highest BCUT2D eigenvalue weighted by molar-refractivity contribution is 6.30. The molecule has 0 spiro atoms. The van der Waals surface area contributed by atoms with Gasteiger partial charge in [0.1, 0.15) is 5.15 Å². The minimum atomic E-state index is 0.143. The average Bonchev–Trinajstić information content (AvgIpc) is 2.32. The summed E-state index contributed by atoms with van der Waals surface area (Å²) in [6, 6.07) is 4.40. The fraction of sp³-hybridized carbons (Fsp3) is 0.643. The van der Waals surface area contributed by atoms with Gasteiger partial charge in [0.05, 0.1) is 0 Å². The Kier molecular flexibility index (Phi) is 4.25. The Hall–Kier alpha value is -0.640. The van der Waals surface area contributed by atoms with Crippen LogP contribution in [0.3, 0.4) is 0 Å². The topological polar surface area (TPSA) is 28.2 Å². The number of aromatic nitrogens is 1. The molecule has 0 radical (unpaired) electrons. The lowest BCUT2D eigenvalue weighted by molar-refractivity contribution is 0.0860. The highest BCUT2D eigenvalue weighted by Crippen LogP contribution is 2.40. The van der Waals surface area contributed by atoms with Crippen LogP contribution in [0.5, 0.6) is 0 Å². The van der Waals surface area contributed by atoms with Gasteiger partial charge in [-0.15, -0.1) is 0 Å². The van der Waals surface area contributed by atoms with Gasteiger partial charge in [-0.1, -0.05) is 38.4 Å². The molecule has 0 amide bonds. The maximum Gasteiger partial charge on any atom is 0.133 e. The zero-order chi connectivity index (χ0) is 13.2. The maximum absolute atomic E-state index is 6.29. The van der Waals surface area contributed by atoms with Crippen molar-refractivity contribution >= 4 is 11.6 Å². The zero-order valence-corrected chi connectivity index (χ0v) is 12.2. The van der Waals surface area contributed by atoms with E-state index >= 15 is 0 Å². The molecule has 0 aliphatic carbocycles. The van der Waals surface area contributed by atoms with Crippen molar-refractivity contribution in [1.82, 2.24) is 15.2 Å². The van der Waals surface area contributed by atoms with Crippen molar-refractivity contribution in [2.75, 3.05) is 26.2 Å². The predicted molar refractivity (Wildman–Crippen MR) is 75.9 cm³/mol. The molecular formula is C14H22ClN3. The quantitative estimate of drug-likeness (QED) is 0.836. The number of nitrogens with one attached hydrogen (secondary N) is 1. The first-order valence-electron chi connectivity index (χ1n) is 6.55. The van der Waals surface area contributed by atoms with Crippen molar-refractivity contribution < 1.29 is 0 Å². The van der Waals surface area contributed by atoms with Crippen LogP contribution in [0.4, 0.5) is 0 Å². The molecule has 1 fully saturated rings. The van der Waals surface area contributed by atoms with E-state index in [9.17, 15) is 0 Å². The average molecular weight is 268 g/mol. The van der Waals surface area contributed by atoms with Gasteiger partial charge in [0.15, 0.2) is 0 Å². The third kappa shape index (κ3) is 3.02. The Morgan fingerprint density at radius 1 is 1.33 bits per heavy atom. The number of nitrogens with zero attached hydrogens (tertiary/aromatic N) is 2. The van der Waals surface area contributed by atoms with Crippen LogP contribution in [0.25, 0.3) is 0 Å². The molecule has 2 heterocycles. The Labute approximate surface area is 115 Å². The molecule has 1 aliphatic heterocycles. The second-order valence-corrected chi connectivity index (χ2v) is 6.30. The molecule has 3 nitrogen and oxygen atoms in total. The molecule has 1 aromatic heterocycles. The number of pyridine rings is 1. The van der Waals surface area contributed by atoms with Crippen molar-refractivity contribution in [2.24, 2.45) is 5.41 Å². The molecule has 0 bridgehead atoms. The highest BCUT2D eigenvalue weighted by Gasteiger charge is 2.33. The summed E-state index contributed by atoms with van der Waals surface area (Å²) in [6.45, 7) is 11.0. The first-order valence-corrected chi connectivity index (χ1v) is 6.93. The molecule has 2 rings (SSSR count). The summed E-state index contributed by atoms with van der Waals surface area (Å²) in [7, 11) is 0. The maximum atomic E-state index is 6.29. The molecule has 0 unspecified atom stereocenters. The fourth-order valence-electron chi connectivity index (χ4n) is 2.75. The lowest BCUT2D eigenvalue weighted by Crippen LogP contribution is -2.48. The summed E-state index contributed by atoms with van der Waals surface area (Å²) in [4.78, 5) is 6.74. The molecule has 1 aliphatic rings. The fourth-order valence-corrected chi connectivity index (χ4v) is 2.98. The van der Waals surface area contributed by atoms with Gasteiger partial charge in [-0.3, -0.25) is 4.90 Å². The Morgan fingerprint density at radius 2 is 2.00 bits per heavy atom. The van der Waals surface area contributed by atoms with Gasteiger partial charge in [0, 0.05) is 44.0 Å². The molecule has 0 aromatic carbocycles. The Bertz CT molecular complexity index is 394. The lowest BCUT2D eigenvalue weighted by Gasteiger charge is -2.42. The number of hydrogen-bond acceptors (Lipinski definition) is 3. The van der Waals surface area contributed by atoms with Gasteiger partial charge in [0.2, 0.25) is 0 Å². The molecule has 1 N–H and O–H groups in total. The van der Waals surface area contributed by atoms with E-state index in [4.69, 9.17) is 11.6 Å². The normalized spacial score (nSPS) is 19.8. The monoisotopic (exact) mass is 267 g/mol. The molecule has 1 aromatic rings. The van der Waals surface area contributed by atoms with Gasteiger partial charge in [-0.2, -0.15) is 0 Å². The van der Waals surface area contributed by atoms with E-state index in [2.05, 4.69) is 42.0 Å². The van der Waals surface area contributed by atoms with Crippen molar-refractivity contribution in [3.63, 3.8) is 0 Å². The second kappa shape index (κ2) is 5.55. The molecular weight excluding hydrogens is 246 g/mol. The minimum absolute atomic E-state index is 0.143. The molecule has 18 heavy (non-hydrogen) atoms. The van der Waals surface area contributed by atoms with Crippen molar-refractivity contribution in [2.45, 2.75) is 26.8 Å². The van der Waals surface area contributed by atoms with E-state index in [0.29, 0.717) is 11.2 Å². The summed E-state index contributed by atoms with van der Waals surface area (Å²) in [5.41, 5.74) is 1.29. The zero-order valence-electron chi connectivity index (χ0n) is 11.4. The van der Waals surface area contributed by atoms with Crippen LogP contribution in [-0.4, -0.2) is 36.1 Å². The van der Waals surface area contributed by atoms with Crippen molar-refractivity contribution in [1.29, 1.82) is 0 Å². The number of halogens is 1. The first-order chi connectivity index (χ1) is 8.50. The minimum Gasteiger partial charge on any atom is -0.314 e. The van der Waals surface area contributed by atoms with Gasteiger partial charge < -0.3 is 5.32 Å². The van der Waals surface area contributed by atoms with Crippen molar-refractivity contribution in [3.8, 4) is 0 Å². The first kappa shape index (κ1) is 13.8. The molecule has 0 saturated carbocycles. The highest BCUT2D eigenvalue weighted by atomic mass is 35.5. The van der Waals surface area contributed by atoms with Crippen LogP contribution in [0, 0.1) is 5.41 Å². The summed E-state index contributed by atoms with van der Waals surface area (Å²) in [6.07, 6.45) is 1.75. The SMILES string of the molecule is CC(C)(C)[C@H](c1cccnc1Cl)N1CCNCC1. The second-order valence-electron chi connectivity index (χ2n) is 5.94. The Morgan fingerprint density at radius 3 is 2.56 bits per heavy atom. The molecule has 100 valence electrons. The van der Waals surface area contributed by atoms with Crippen LogP contribution in [0.1, 0.15) is 32.4 Å². The van der Waals surface area contributed by atoms with Gasteiger partial charge in [0.25, 0.3) is 0 Å². The molecule has 1 saturated heterocycles. The van der Waals surface area contributed by atoms with Gasteiger partial charge in [-0.05, 0) is 11.5 Å². The van der Waals surface area contributed by atoms with Crippen LogP contribution in [0.2, 0.25) is 5.15 Å². The Balaban J connectivity index is 2.34.